The first-order valence-electron chi connectivity index (χ1n) is 8.59. The Morgan fingerprint density at radius 1 is 1.27 bits per heavy atom. The maximum Gasteiger partial charge on any atom is 0.253 e. The molecule has 0 aliphatic heterocycles. The second kappa shape index (κ2) is 6.55. The van der Waals surface area contributed by atoms with Crippen molar-refractivity contribution >= 4 is 22.6 Å². The van der Waals surface area contributed by atoms with Crippen LogP contribution in [0.15, 0.2) is 42.6 Å². The van der Waals surface area contributed by atoms with Crippen molar-refractivity contribution in [3.8, 4) is 0 Å². The minimum absolute atomic E-state index is 0.187. The molecule has 0 unspecified atom stereocenters. The van der Waals surface area contributed by atoms with Gasteiger partial charge in [-0.15, -0.1) is 5.10 Å². The molecule has 0 saturated heterocycles. The predicted octanol–water partition coefficient (Wildman–Crippen LogP) is 2.52. The molecule has 1 amide bonds. The molecule has 4 rings (SSSR count). The van der Waals surface area contributed by atoms with Crippen LogP contribution in [-0.2, 0) is 0 Å². The molecule has 4 aromatic rings. The lowest BCUT2D eigenvalue weighted by Gasteiger charge is -2.22. The summed E-state index contributed by atoms with van der Waals surface area (Å²) in [7, 11) is 0. The number of para-hydroxylation sites is 2. The van der Waals surface area contributed by atoms with Crippen LogP contribution in [0.2, 0.25) is 0 Å². The molecule has 0 aliphatic carbocycles. The number of aromatic nitrogens is 6. The van der Waals surface area contributed by atoms with E-state index >= 15 is 0 Å². The fraction of sp³-hybridized carbons (Fsp3) is 0.278. The van der Waals surface area contributed by atoms with E-state index in [0.717, 1.165) is 23.3 Å². The van der Waals surface area contributed by atoms with Gasteiger partial charge in [-0.3, -0.25) is 4.79 Å². The summed E-state index contributed by atoms with van der Waals surface area (Å²) in [4.78, 5) is 20.8. The minimum Gasteiger partial charge on any atom is -0.342 e. The first-order chi connectivity index (χ1) is 12.7. The SMILES string of the molecule is CC[C@H](C)[C@@H](NC(=O)c1ccc2nnnn2c1)c1nc2ccccc2[nH]1. The number of H-pyrrole nitrogens is 1. The molecule has 2 atom stereocenters. The lowest BCUT2D eigenvalue weighted by molar-refractivity contribution is 0.0920. The van der Waals surface area contributed by atoms with Crippen molar-refractivity contribution in [2.45, 2.75) is 26.3 Å². The normalized spacial score (nSPS) is 13.8. The van der Waals surface area contributed by atoms with Crippen molar-refractivity contribution in [1.29, 1.82) is 0 Å². The number of fused-ring (bicyclic) bond motifs is 2. The van der Waals surface area contributed by atoms with Crippen LogP contribution in [0, 0.1) is 5.92 Å². The zero-order chi connectivity index (χ0) is 18.1. The Bertz CT molecular complexity index is 1030. The molecule has 8 nitrogen and oxygen atoms in total. The summed E-state index contributed by atoms with van der Waals surface area (Å²) in [6, 6.07) is 11.1. The van der Waals surface area contributed by atoms with Gasteiger partial charge in [0.1, 0.15) is 5.82 Å². The van der Waals surface area contributed by atoms with Crippen molar-refractivity contribution in [2.75, 3.05) is 0 Å². The summed E-state index contributed by atoms with van der Waals surface area (Å²) >= 11 is 0. The average molecular weight is 349 g/mol. The number of carbonyl (C=O) groups excluding carboxylic acids is 1. The van der Waals surface area contributed by atoms with Gasteiger partial charge < -0.3 is 10.3 Å². The summed E-state index contributed by atoms with van der Waals surface area (Å²) in [5.74, 6) is 0.793. The van der Waals surface area contributed by atoms with Crippen LogP contribution in [0.3, 0.4) is 0 Å². The third-order valence-electron chi connectivity index (χ3n) is 4.66. The monoisotopic (exact) mass is 349 g/mol. The van der Waals surface area contributed by atoms with E-state index < -0.39 is 0 Å². The topological polar surface area (TPSA) is 101 Å². The third-order valence-corrected chi connectivity index (χ3v) is 4.66. The van der Waals surface area contributed by atoms with E-state index in [4.69, 9.17) is 0 Å². The summed E-state index contributed by atoms with van der Waals surface area (Å²) in [5.41, 5.74) is 2.94. The second-order valence-electron chi connectivity index (χ2n) is 6.38. The third kappa shape index (κ3) is 2.90. The lowest BCUT2D eigenvalue weighted by atomic mass is 9.98. The molecule has 0 bridgehead atoms. The molecule has 0 saturated carbocycles. The van der Waals surface area contributed by atoms with Gasteiger partial charge in [0, 0.05) is 6.20 Å². The number of imidazole rings is 1. The molecule has 132 valence electrons. The molecule has 0 fully saturated rings. The van der Waals surface area contributed by atoms with Crippen molar-refractivity contribution in [3.63, 3.8) is 0 Å². The van der Waals surface area contributed by atoms with Crippen molar-refractivity contribution in [1.82, 2.24) is 35.3 Å². The molecule has 0 spiro atoms. The highest BCUT2D eigenvalue weighted by atomic mass is 16.1. The Hall–Kier alpha value is -3.29. The molecular weight excluding hydrogens is 330 g/mol. The Kier molecular flexibility index (Phi) is 4.08. The first-order valence-corrected chi connectivity index (χ1v) is 8.59. The quantitative estimate of drug-likeness (QED) is 0.576. The number of nitrogens with one attached hydrogen (secondary N) is 2. The van der Waals surface area contributed by atoms with E-state index in [9.17, 15) is 4.79 Å². The van der Waals surface area contributed by atoms with Crippen LogP contribution in [0.1, 0.15) is 42.5 Å². The van der Waals surface area contributed by atoms with Gasteiger partial charge in [0.25, 0.3) is 5.91 Å². The van der Waals surface area contributed by atoms with Crippen LogP contribution in [0.5, 0.6) is 0 Å². The van der Waals surface area contributed by atoms with Gasteiger partial charge in [-0.05, 0) is 40.6 Å². The maximum absolute atomic E-state index is 12.8. The summed E-state index contributed by atoms with van der Waals surface area (Å²) < 4.78 is 1.48. The van der Waals surface area contributed by atoms with Gasteiger partial charge in [0.2, 0.25) is 0 Å². The van der Waals surface area contributed by atoms with E-state index in [2.05, 4.69) is 44.7 Å². The highest BCUT2D eigenvalue weighted by Crippen LogP contribution is 2.25. The molecule has 26 heavy (non-hydrogen) atoms. The van der Waals surface area contributed by atoms with E-state index in [1.165, 1.54) is 4.52 Å². The van der Waals surface area contributed by atoms with Crippen LogP contribution in [-0.4, -0.2) is 35.9 Å². The van der Waals surface area contributed by atoms with Gasteiger partial charge in [-0.2, -0.15) is 4.52 Å². The summed E-state index contributed by atoms with van der Waals surface area (Å²) in [5, 5.41) is 14.4. The van der Waals surface area contributed by atoms with E-state index in [0.29, 0.717) is 11.2 Å². The molecule has 8 heteroatoms. The number of nitrogens with zero attached hydrogens (tertiary/aromatic N) is 5. The molecular formula is C18H19N7O. The summed E-state index contributed by atoms with van der Waals surface area (Å²) in [6.45, 7) is 4.20. The molecule has 2 N–H and O–H groups in total. The molecule has 3 heterocycles. The smallest absolute Gasteiger partial charge is 0.253 e. The Labute approximate surface area is 149 Å². The molecule has 0 radical (unpaired) electrons. The highest BCUT2D eigenvalue weighted by molar-refractivity contribution is 5.94. The number of hydrogen-bond acceptors (Lipinski definition) is 5. The van der Waals surface area contributed by atoms with Crippen molar-refractivity contribution in [2.24, 2.45) is 5.92 Å². The zero-order valence-electron chi connectivity index (χ0n) is 14.5. The van der Waals surface area contributed by atoms with Crippen LogP contribution in [0.4, 0.5) is 0 Å². The molecule has 0 aliphatic rings. The number of hydrogen-bond donors (Lipinski definition) is 2. The van der Waals surface area contributed by atoms with Crippen molar-refractivity contribution in [3.05, 3.63) is 54.0 Å². The van der Waals surface area contributed by atoms with Gasteiger partial charge in [0.05, 0.1) is 22.6 Å². The number of tetrazole rings is 1. The maximum atomic E-state index is 12.8. The highest BCUT2D eigenvalue weighted by Gasteiger charge is 2.24. The standard InChI is InChI=1S/C18H19N7O/c1-3-11(2)16(17-19-13-6-4-5-7-14(13)20-17)21-18(26)12-8-9-15-22-23-24-25(15)10-12/h4-11,16H,3H2,1-2H3,(H,19,20)(H,21,26)/t11-,16+/m0/s1. The number of amides is 1. The molecule has 1 aromatic carbocycles. The zero-order valence-corrected chi connectivity index (χ0v) is 14.5. The number of pyridine rings is 1. The first kappa shape index (κ1) is 16.2. The summed E-state index contributed by atoms with van der Waals surface area (Å²) in [6.07, 6.45) is 2.53. The largest absolute Gasteiger partial charge is 0.342 e. The van der Waals surface area contributed by atoms with Gasteiger partial charge in [0.15, 0.2) is 5.65 Å². The lowest BCUT2D eigenvalue weighted by Crippen LogP contribution is -2.33. The van der Waals surface area contributed by atoms with E-state index in [1.54, 1.807) is 18.3 Å². The Morgan fingerprint density at radius 3 is 2.92 bits per heavy atom. The predicted molar refractivity (Wildman–Crippen MR) is 96.5 cm³/mol. The number of benzene rings is 1. The van der Waals surface area contributed by atoms with Gasteiger partial charge >= 0.3 is 0 Å². The Balaban J connectivity index is 1.64. The van der Waals surface area contributed by atoms with E-state index in [-0.39, 0.29) is 17.9 Å². The second-order valence-corrected chi connectivity index (χ2v) is 6.38. The van der Waals surface area contributed by atoms with E-state index in [1.807, 2.05) is 24.3 Å². The van der Waals surface area contributed by atoms with Gasteiger partial charge in [-0.1, -0.05) is 32.4 Å². The minimum atomic E-state index is -0.218. The number of rotatable bonds is 5. The van der Waals surface area contributed by atoms with Crippen LogP contribution >= 0.6 is 0 Å². The fourth-order valence-corrected chi connectivity index (χ4v) is 2.94. The van der Waals surface area contributed by atoms with Gasteiger partial charge in [-0.25, -0.2) is 4.98 Å². The fourth-order valence-electron chi connectivity index (χ4n) is 2.94. The number of carbonyl (C=O) groups is 1. The average Bonchev–Trinajstić information content (AvgIpc) is 3.30. The number of aromatic amines is 1. The van der Waals surface area contributed by atoms with Crippen LogP contribution < -0.4 is 5.32 Å². The van der Waals surface area contributed by atoms with Crippen molar-refractivity contribution < 1.29 is 4.79 Å². The Morgan fingerprint density at radius 2 is 2.12 bits per heavy atom. The molecule has 3 aromatic heterocycles. The van der Waals surface area contributed by atoms with Crippen LogP contribution in [0.25, 0.3) is 16.7 Å².